The van der Waals surface area contributed by atoms with Crippen molar-refractivity contribution in [1.82, 2.24) is 10.2 Å². The number of benzene rings is 2. The van der Waals surface area contributed by atoms with Crippen molar-refractivity contribution in [3.8, 4) is 11.3 Å². The van der Waals surface area contributed by atoms with Gasteiger partial charge >= 0.3 is 6.03 Å². The van der Waals surface area contributed by atoms with Gasteiger partial charge in [-0.15, -0.1) is 0 Å². The molecule has 31 heavy (non-hydrogen) atoms. The van der Waals surface area contributed by atoms with Crippen LogP contribution in [0.1, 0.15) is 11.3 Å². The molecule has 2 aromatic carbocycles. The summed E-state index contributed by atoms with van der Waals surface area (Å²) in [6.45, 7) is -0.0189. The highest BCUT2D eigenvalue weighted by molar-refractivity contribution is 6.33. The Kier molecular flexibility index (Phi) is 5.26. The number of nitrogens with zero attached hydrogens (tertiary/aromatic N) is 2. The molecule has 1 aromatic heterocycles. The van der Waals surface area contributed by atoms with E-state index in [1.54, 1.807) is 12.1 Å². The van der Waals surface area contributed by atoms with Gasteiger partial charge in [-0.25, -0.2) is 9.18 Å². The summed E-state index contributed by atoms with van der Waals surface area (Å²) in [6.07, 6.45) is 1.35. The molecule has 2 heterocycles. The van der Waals surface area contributed by atoms with E-state index in [1.807, 2.05) is 0 Å². The van der Waals surface area contributed by atoms with Gasteiger partial charge in [-0.3, -0.25) is 19.8 Å². The number of nitro benzene ring substituents is 1. The maximum absolute atomic E-state index is 13.0. The number of amides is 3. The van der Waals surface area contributed by atoms with Gasteiger partial charge in [0.15, 0.2) is 0 Å². The molecule has 1 N–H and O–H groups in total. The van der Waals surface area contributed by atoms with Gasteiger partial charge in [0.05, 0.1) is 16.5 Å². The Bertz CT molecular complexity index is 1240. The molecule has 0 aliphatic carbocycles. The van der Waals surface area contributed by atoms with Crippen LogP contribution in [0, 0.1) is 15.9 Å². The number of hydrogen-bond donors (Lipinski definition) is 1. The molecule has 0 atom stereocenters. The molecule has 3 amide bonds. The lowest BCUT2D eigenvalue weighted by molar-refractivity contribution is -0.384. The Morgan fingerprint density at radius 2 is 1.87 bits per heavy atom. The molecule has 0 saturated carbocycles. The molecule has 156 valence electrons. The van der Waals surface area contributed by atoms with Gasteiger partial charge < -0.3 is 9.73 Å². The second-order valence-corrected chi connectivity index (χ2v) is 7.04. The smallest absolute Gasteiger partial charge is 0.329 e. The summed E-state index contributed by atoms with van der Waals surface area (Å²) in [5.41, 5.74) is 0.760. The molecule has 1 fully saturated rings. The number of carbonyl (C=O) groups is 2. The molecule has 1 aliphatic rings. The van der Waals surface area contributed by atoms with Crippen LogP contribution < -0.4 is 5.32 Å². The summed E-state index contributed by atoms with van der Waals surface area (Å²) in [7, 11) is 0. The molecule has 0 unspecified atom stereocenters. The van der Waals surface area contributed by atoms with Gasteiger partial charge in [0, 0.05) is 23.8 Å². The fraction of sp³-hybridized carbons (Fsp3) is 0.0476. The van der Waals surface area contributed by atoms with E-state index in [1.165, 1.54) is 48.5 Å². The SMILES string of the molecule is O=C1N/C(=C/c2ccc(-c3cc([N+](=O)[O-])ccc3Cl)o2)C(=O)N1Cc1ccc(F)cc1. The number of urea groups is 1. The summed E-state index contributed by atoms with van der Waals surface area (Å²) >= 11 is 6.12. The number of furan rings is 1. The Balaban J connectivity index is 1.56. The largest absolute Gasteiger partial charge is 0.457 e. The normalized spacial score (nSPS) is 14.9. The zero-order valence-corrected chi connectivity index (χ0v) is 16.4. The molecule has 0 spiro atoms. The van der Waals surface area contributed by atoms with Gasteiger partial charge in [0.25, 0.3) is 11.6 Å². The van der Waals surface area contributed by atoms with Crippen LogP contribution in [0.3, 0.4) is 0 Å². The lowest BCUT2D eigenvalue weighted by Gasteiger charge is -2.11. The van der Waals surface area contributed by atoms with Gasteiger partial charge in [-0.2, -0.15) is 0 Å². The lowest BCUT2D eigenvalue weighted by atomic mass is 10.1. The number of imide groups is 1. The van der Waals surface area contributed by atoms with Crippen molar-refractivity contribution in [1.29, 1.82) is 0 Å². The van der Waals surface area contributed by atoms with Crippen LogP contribution in [0.5, 0.6) is 0 Å². The topological polar surface area (TPSA) is 106 Å². The maximum Gasteiger partial charge on any atom is 0.329 e. The number of non-ortho nitro benzene ring substituents is 1. The van der Waals surface area contributed by atoms with Gasteiger partial charge in [0.2, 0.25) is 0 Å². The zero-order chi connectivity index (χ0) is 22.1. The van der Waals surface area contributed by atoms with Gasteiger partial charge in [-0.05, 0) is 35.9 Å². The van der Waals surface area contributed by atoms with Gasteiger partial charge in [-0.1, -0.05) is 23.7 Å². The van der Waals surface area contributed by atoms with E-state index in [-0.39, 0.29) is 34.5 Å². The Morgan fingerprint density at radius 1 is 1.13 bits per heavy atom. The quantitative estimate of drug-likeness (QED) is 0.266. The van der Waals surface area contributed by atoms with E-state index in [2.05, 4.69) is 5.32 Å². The lowest BCUT2D eigenvalue weighted by Crippen LogP contribution is -2.30. The Morgan fingerprint density at radius 3 is 2.58 bits per heavy atom. The first-order valence-electron chi connectivity index (χ1n) is 8.95. The number of nitrogens with one attached hydrogen (secondary N) is 1. The molecular formula is C21H13ClFN3O5. The fourth-order valence-corrected chi connectivity index (χ4v) is 3.23. The summed E-state index contributed by atoms with van der Waals surface area (Å²) in [5.74, 6) is -0.481. The molecule has 1 saturated heterocycles. The van der Waals surface area contributed by atoms with Crippen LogP contribution in [0.25, 0.3) is 17.4 Å². The van der Waals surface area contributed by atoms with Crippen LogP contribution in [-0.2, 0) is 11.3 Å². The Labute approximate surface area is 179 Å². The average Bonchev–Trinajstić information content (AvgIpc) is 3.30. The highest BCUT2D eigenvalue weighted by Crippen LogP contribution is 2.33. The molecule has 0 radical (unpaired) electrons. The van der Waals surface area contributed by atoms with E-state index in [0.717, 1.165) is 4.90 Å². The van der Waals surface area contributed by atoms with Crippen molar-refractivity contribution >= 4 is 35.3 Å². The van der Waals surface area contributed by atoms with E-state index in [9.17, 15) is 24.1 Å². The van der Waals surface area contributed by atoms with Gasteiger partial charge in [0.1, 0.15) is 23.0 Å². The average molecular weight is 442 g/mol. The standard InChI is InChI=1S/C21H13ClFN3O5/c22-17-7-5-14(26(29)30)9-16(17)19-8-6-15(31-19)10-18-20(27)25(21(28)24-18)11-12-1-3-13(23)4-2-12/h1-10H,11H2,(H,24,28)/b18-10+. The maximum atomic E-state index is 13.0. The number of nitro groups is 1. The van der Waals surface area contributed by atoms with Crippen LogP contribution in [0.2, 0.25) is 5.02 Å². The first kappa shape index (κ1) is 20.3. The fourth-order valence-electron chi connectivity index (χ4n) is 3.02. The molecule has 10 heteroatoms. The number of rotatable bonds is 5. The summed E-state index contributed by atoms with van der Waals surface area (Å²) < 4.78 is 18.7. The van der Waals surface area contributed by atoms with Crippen molar-refractivity contribution in [2.45, 2.75) is 6.54 Å². The number of halogens is 2. The number of carbonyl (C=O) groups excluding carboxylic acids is 2. The molecule has 1 aliphatic heterocycles. The highest BCUT2D eigenvalue weighted by Gasteiger charge is 2.33. The molecule has 8 nitrogen and oxygen atoms in total. The first-order chi connectivity index (χ1) is 14.8. The minimum absolute atomic E-state index is 0.00171. The third-order valence-corrected chi connectivity index (χ3v) is 4.89. The van der Waals surface area contributed by atoms with E-state index in [0.29, 0.717) is 11.1 Å². The molecule has 3 aromatic rings. The zero-order valence-electron chi connectivity index (χ0n) is 15.7. The van der Waals surface area contributed by atoms with E-state index < -0.39 is 22.7 Å². The van der Waals surface area contributed by atoms with Crippen molar-refractivity contribution < 1.29 is 23.3 Å². The first-order valence-corrected chi connectivity index (χ1v) is 9.33. The molecule has 4 rings (SSSR count). The van der Waals surface area contributed by atoms with E-state index >= 15 is 0 Å². The van der Waals surface area contributed by atoms with Crippen LogP contribution >= 0.6 is 11.6 Å². The summed E-state index contributed by atoms with van der Waals surface area (Å²) in [5, 5.41) is 13.7. The predicted molar refractivity (Wildman–Crippen MR) is 109 cm³/mol. The molecule has 0 bridgehead atoms. The highest BCUT2D eigenvalue weighted by atomic mass is 35.5. The third kappa shape index (κ3) is 4.17. The van der Waals surface area contributed by atoms with E-state index in [4.69, 9.17) is 16.0 Å². The number of hydrogen-bond acceptors (Lipinski definition) is 5. The minimum atomic E-state index is -0.617. The second kappa shape index (κ2) is 8.04. The van der Waals surface area contributed by atoms with Crippen molar-refractivity contribution in [3.05, 3.63) is 92.6 Å². The Hall–Kier alpha value is -3.98. The third-order valence-electron chi connectivity index (χ3n) is 4.56. The van der Waals surface area contributed by atoms with Crippen LogP contribution in [0.15, 0.2) is 64.7 Å². The van der Waals surface area contributed by atoms with Crippen LogP contribution in [-0.4, -0.2) is 21.8 Å². The summed E-state index contributed by atoms with van der Waals surface area (Å²) in [6, 6.07) is 11.9. The van der Waals surface area contributed by atoms with Crippen molar-refractivity contribution in [3.63, 3.8) is 0 Å². The second-order valence-electron chi connectivity index (χ2n) is 6.63. The van der Waals surface area contributed by atoms with Crippen molar-refractivity contribution in [2.75, 3.05) is 0 Å². The van der Waals surface area contributed by atoms with Crippen molar-refractivity contribution in [2.24, 2.45) is 0 Å². The minimum Gasteiger partial charge on any atom is -0.457 e. The predicted octanol–water partition coefficient (Wildman–Crippen LogP) is 4.74. The monoisotopic (exact) mass is 441 g/mol. The molecular weight excluding hydrogens is 429 g/mol. The van der Waals surface area contributed by atoms with Crippen LogP contribution in [0.4, 0.5) is 14.9 Å². The summed E-state index contributed by atoms with van der Waals surface area (Å²) in [4.78, 5) is 36.2.